The molecule has 0 aromatic carbocycles. The Morgan fingerprint density at radius 2 is 1.75 bits per heavy atom. The standard InChI is InChI=1S/C17H31N3/c18-12-17(8-10-19(13-17)16-5-6-16)20-9-7-14-3-1-2-4-15(14)11-20/h14-16H,1-13,18H2. The Balaban J connectivity index is 1.45. The number of hydrogen-bond donors (Lipinski definition) is 1. The Bertz CT molecular complexity index is 354. The van der Waals surface area contributed by atoms with Crippen molar-refractivity contribution < 1.29 is 0 Å². The van der Waals surface area contributed by atoms with Gasteiger partial charge in [0.05, 0.1) is 0 Å². The highest BCUT2D eigenvalue weighted by Crippen LogP contribution is 2.41. The SMILES string of the molecule is NCC1(N2CCC3CCCCC3C2)CCN(C2CC2)C1. The summed E-state index contributed by atoms with van der Waals surface area (Å²) in [6, 6.07) is 0.913. The van der Waals surface area contributed by atoms with Gasteiger partial charge in [0, 0.05) is 37.8 Å². The number of piperidine rings is 1. The van der Waals surface area contributed by atoms with Crippen molar-refractivity contribution in [2.24, 2.45) is 17.6 Å². The fourth-order valence-corrected chi connectivity index (χ4v) is 5.22. The maximum atomic E-state index is 6.28. The molecule has 3 unspecified atom stereocenters. The molecule has 3 heteroatoms. The van der Waals surface area contributed by atoms with E-state index in [1.54, 1.807) is 0 Å². The van der Waals surface area contributed by atoms with Crippen molar-refractivity contribution in [3.8, 4) is 0 Å². The van der Waals surface area contributed by atoms with Crippen molar-refractivity contribution in [1.82, 2.24) is 9.80 Å². The van der Waals surface area contributed by atoms with E-state index in [2.05, 4.69) is 9.80 Å². The minimum absolute atomic E-state index is 0.324. The van der Waals surface area contributed by atoms with Crippen LogP contribution in [0.2, 0.25) is 0 Å². The van der Waals surface area contributed by atoms with Crippen LogP contribution in [-0.2, 0) is 0 Å². The normalized spacial score (nSPS) is 43.6. The summed E-state index contributed by atoms with van der Waals surface area (Å²) in [5.41, 5.74) is 6.61. The molecule has 4 aliphatic rings. The molecular weight excluding hydrogens is 246 g/mol. The summed E-state index contributed by atoms with van der Waals surface area (Å²) in [6.45, 7) is 6.09. The van der Waals surface area contributed by atoms with Crippen molar-refractivity contribution in [3.63, 3.8) is 0 Å². The van der Waals surface area contributed by atoms with Crippen LogP contribution in [0.25, 0.3) is 0 Å². The van der Waals surface area contributed by atoms with E-state index in [0.717, 1.165) is 24.4 Å². The Kier molecular flexibility index (Phi) is 3.56. The predicted molar refractivity (Wildman–Crippen MR) is 82.6 cm³/mol. The summed E-state index contributed by atoms with van der Waals surface area (Å²) in [4.78, 5) is 5.56. The molecule has 0 amide bonds. The van der Waals surface area contributed by atoms with E-state index in [0.29, 0.717) is 5.54 Å². The second-order valence-corrected chi connectivity index (χ2v) is 7.92. The first-order chi connectivity index (χ1) is 9.81. The van der Waals surface area contributed by atoms with E-state index < -0.39 is 0 Å². The Morgan fingerprint density at radius 3 is 2.50 bits per heavy atom. The second-order valence-electron chi connectivity index (χ2n) is 7.92. The van der Waals surface area contributed by atoms with Crippen molar-refractivity contribution in [2.75, 3.05) is 32.7 Å². The maximum Gasteiger partial charge on any atom is 0.0470 e. The Labute approximate surface area is 123 Å². The van der Waals surface area contributed by atoms with Gasteiger partial charge in [0.1, 0.15) is 0 Å². The maximum absolute atomic E-state index is 6.28. The zero-order valence-corrected chi connectivity index (χ0v) is 12.9. The zero-order valence-electron chi connectivity index (χ0n) is 12.9. The minimum atomic E-state index is 0.324. The van der Waals surface area contributed by atoms with Crippen LogP contribution in [0.5, 0.6) is 0 Å². The van der Waals surface area contributed by atoms with E-state index in [-0.39, 0.29) is 0 Å². The van der Waals surface area contributed by atoms with Gasteiger partial charge in [-0.1, -0.05) is 19.3 Å². The van der Waals surface area contributed by atoms with Crippen LogP contribution in [0.1, 0.15) is 51.4 Å². The largest absolute Gasteiger partial charge is 0.329 e. The second kappa shape index (κ2) is 5.26. The summed E-state index contributed by atoms with van der Waals surface area (Å²) in [7, 11) is 0. The van der Waals surface area contributed by atoms with Crippen LogP contribution in [0, 0.1) is 11.8 Å². The number of hydrogen-bond acceptors (Lipinski definition) is 3. The highest BCUT2D eigenvalue weighted by molar-refractivity contribution is 5.05. The molecule has 2 aliphatic carbocycles. The molecule has 0 spiro atoms. The highest BCUT2D eigenvalue weighted by atomic mass is 15.3. The number of nitrogens with two attached hydrogens (primary N) is 1. The molecule has 0 bridgehead atoms. The summed E-state index contributed by atoms with van der Waals surface area (Å²) in [5.74, 6) is 2.02. The molecular formula is C17H31N3. The smallest absolute Gasteiger partial charge is 0.0470 e. The first kappa shape index (κ1) is 13.5. The summed E-state index contributed by atoms with van der Waals surface area (Å²) in [5, 5.41) is 0. The zero-order chi connectivity index (χ0) is 13.6. The average Bonchev–Trinajstić information content (AvgIpc) is 3.26. The van der Waals surface area contributed by atoms with Crippen LogP contribution in [0.3, 0.4) is 0 Å². The monoisotopic (exact) mass is 277 g/mol. The molecule has 2 N–H and O–H groups in total. The van der Waals surface area contributed by atoms with Gasteiger partial charge in [0.25, 0.3) is 0 Å². The number of fused-ring (bicyclic) bond motifs is 1. The van der Waals surface area contributed by atoms with Gasteiger partial charge in [0.15, 0.2) is 0 Å². The molecule has 0 aromatic rings. The van der Waals surface area contributed by atoms with Gasteiger partial charge in [-0.25, -0.2) is 0 Å². The molecule has 114 valence electrons. The van der Waals surface area contributed by atoms with E-state index in [1.807, 2.05) is 0 Å². The summed E-state index contributed by atoms with van der Waals surface area (Å²) in [6.07, 6.45) is 11.6. The molecule has 4 rings (SSSR count). The number of nitrogens with zero attached hydrogens (tertiary/aromatic N) is 2. The first-order valence-corrected chi connectivity index (χ1v) is 9.00. The van der Waals surface area contributed by atoms with Crippen molar-refractivity contribution >= 4 is 0 Å². The van der Waals surface area contributed by atoms with E-state index in [1.165, 1.54) is 77.5 Å². The fourth-order valence-electron chi connectivity index (χ4n) is 5.22. The Hall–Kier alpha value is -0.120. The van der Waals surface area contributed by atoms with Gasteiger partial charge in [-0.3, -0.25) is 9.80 Å². The first-order valence-electron chi connectivity index (χ1n) is 9.00. The van der Waals surface area contributed by atoms with E-state index >= 15 is 0 Å². The average molecular weight is 277 g/mol. The van der Waals surface area contributed by atoms with Gasteiger partial charge in [-0.05, 0) is 50.5 Å². The lowest BCUT2D eigenvalue weighted by atomic mass is 9.74. The van der Waals surface area contributed by atoms with Crippen molar-refractivity contribution in [1.29, 1.82) is 0 Å². The third-order valence-electron chi connectivity index (χ3n) is 6.77. The molecule has 2 heterocycles. The molecule has 2 saturated carbocycles. The van der Waals surface area contributed by atoms with E-state index in [4.69, 9.17) is 5.73 Å². The molecule has 0 radical (unpaired) electrons. The van der Waals surface area contributed by atoms with Crippen molar-refractivity contribution in [3.05, 3.63) is 0 Å². The molecule has 20 heavy (non-hydrogen) atoms. The topological polar surface area (TPSA) is 32.5 Å². The fraction of sp³-hybridized carbons (Fsp3) is 1.00. The van der Waals surface area contributed by atoms with E-state index in [9.17, 15) is 0 Å². The van der Waals surface area contributed by atoms with Gasteiger partial charge in [0.2, 0.25) is 0 Å². The van der Waals surface area contributed by atoms with Gasteiger partial charge < -0.3 is 5.73 Å². The summed E-state index contributed by atoms with van der Waals surface area (Å²) < 4.78 is 0. The lowest BCUT2D eigenvalue weighted by molar-refractivity contribution is 0.0111. The molecule has 2 aliphatic heterocycles. The summed E-state index contributed by atoms with van der Waals surface area (Å²) >= 11 is 0. The molecule has 3 nitrogen and oxygen atoms in total. The van der Waals surface area contributed by atoms with Crippen LogP contribution in [0.15, 0.2) is 0 Å². The van der Waals surface area contributed by atoms with Crippen LogP contribution in [0.4, 0.5) is 0 Å². The number of rotatable bonds is 3. The van der Waals surface area contributed by atoms with Gasteiger partial charge in [-0.15, -0.1) is 0 Å². The molecule has 2 saturated heterocycles. The minimum Gasteiger partial charge on any atom is -0.329 e. The van der Waals surface area contributed by atoms with Crippen LogP contribution in [-0.4, -0.2) is 54.1 Å². The molecule has 3 atom stereocenters. The highest BCUT2D eigenvalue weighted by Gasteiger charge is 2.47. The van der Waals surface area contributed by atoms with Crippen molar-refractivity contribution in [2.45, 2.75) is 62.9 Å². The van der Waals surface area contributed by atoms with Gasteiger partial charge in [-0.2, -0.15) is 0 Å². The molecule has 4 fully saturated rings. The van der Waals surface area contributed by atoms with Crippen LogP contribution < -0.4 is 5.73 Å². The third-order valence-corrected chi connectivity index (χ3v) is 6.77. The lowest BCUT2D eigenvalue weighted by Crippen LogP contribution is -2.59. The third kappa shape index (κ3) is 2.32. The van der Waals surface area contributed by atoms with Crippen LogP contribution >= 0.6 is 0 Å². The quantitative estimate of drug-likeness (QED) is 0.857. The number of likely N-dealkylation sites (tertiary alicyclic amines) is 2. The predicted octanol–water partition coefficient (Wildman–Crippen LogP) is 2.06. The lowest BCUT2D eigenvalue weighted by Gasteiger charge is -2.49. The molecule has 0 aromatic heterocycles. The van der Waals surface area contributed by atoms with Gasteiger partial charge >= 0.3 is 0 Å². The Morgan fingerprint density at radius 1 is 0.950 bits per heavy atom.